The van der Waals surface area contributed by atoms with Crippen molar-refractivity contribution in [1.29, 1.82) is 0 Å². The molecule has 2 N–H and O–H groups in total. The fourth-order valence-electron chi connectivity index (χ4n) is 2.09. The molecule has 1 amide bonds. The number of primary amides is 1. The first kappa shape index (κ1) is 15.1. The number of carbonyl (C=O) groups excluding carboxylic acids is 1. The molecule has 1 heterocycles. The maximum absolute atomic E-state index is 13.0. The Balaban J connectivity index is 2.37. The van der Waals surface area contributed by atoms with Crippen LogP contribution in [0, 0.1) is 0 Å². The Kier molecular flexibility index (Phi) is 4.02. The maximum Gasteiger partial charge on any atom is 0.416 e. The molecule has 0 bridgehead atoms. The van der Waals surface area contributed by atoms with Gasteiger partial charge in [0.15, 0.2) is 0 Å². The Hall–Kier alpha value is -2.31. The third kappa shape index (κ3) is 3.24. The van der Waals surface area contributed by atoms with E-state index in [-0.39, 0.29) is 12.0 Å². The highest BCUT2D eigenvalue weighted by Crippen LogP contribution is 2.32. The normalized spacial score (nSPS) is 13.1. The Bertz CT molecular complexity index is 649. The predicted molar refractivity (Wildman–Crippen MR) is 70.4 cm³/mol. The van der Waals surface area contributed by atoms with E-state index >= 15 is 0 Å². The molecule has 1 unspecified atom stereocenters. The zero-order valence-electron chi connectivity index (χ0n) is 11.3. The Labute approximate surface area is 119 Å². The predicted octanol–water partition coefficient (Wildman–Crippen LogP) is 2.54. The van der Waals surface area contributed by atoms with Crippen LogP contribution in [-0.2, 0) is 17.4 Å². The van der Waals surface area contributed by atoms with E-state index in [0.717, 1.165) is 6.07 Å². The van der Waals surface area contributed by atoms with Crippen molar-refractivity contribution in [2.45, 2.75) is 25.6 Å². The lowest BCUT2D eigenvalue weighted by molar-refractivity contribution is -0.138. The fraction of sp³-hybridized carbons (Fsp3) is 0.286. The summed E-state index contributed by atoms with van der Waals surface area (Å²) in [5.41, 5.74) is 4.62. The molecule has 4 nitrogen and oxygen atoms in total. The first-order chi connectivity index (χ1) is 9.80. The van der Waals surface area contributed by atoms with Crippen molar-refractivity contribution in [2.75, 3.05) is 0 Å². The molecule has 0 spiro atoms. The zero-order chi connectivity index (χ0) is 15.6. The van der Waals surface area contributed by atoms with Gasteiger partial charge >= 0.3 is 6.18 Å². The Morgan fingerprint density at radius 1 is 1.38 bits per heavy atom. The smallest absolute Gasteiger partial charge is 0.368 e. The van der Waals surface area contributed by atoms with Gasteiger partial charge in [0.05, 0.1) is 5.56 Å². The van der Waals surface area contributed by atoms with Gasteiger partial charge in [0, 0.05) is 18.8 Å². The standard InChI is InChI=1S/C14H14F3N3O/c1-9(13(18)21)20-7-6-19-12(20)8-10-4-2-3-5-11(10)14(15,16)17/h2-7,9H,8H2,1H3,(H2,18,21). The number of halogens is 3. The molecule has 0 aliphatic rings. The molecule has 0 radical (unpaired) electrons. The van der Waals surface area contributed by atoms with Gasteiger partial charge in [-0.1, -0.05) is 18.2 Å². The van der Waals surface area contributed by atoms with Crippen molar-refractivity contribution < 1.29 is 18.0 Å². The number of amides is 1. The summed E-state index contributed by atoms with van der Waals surface area (Å²) in [6.45, 7) is 1.57. The molecule has 0 saturated heterocycles. The number of hydrogen-bond donors (Lipinski definition) is 1. The van der Waals surface area contributed by atoms with Crippen LogP contribution in [0.1, 0.15) is 29.9 Å². The van der Waals surface area contributed by atoms with Crippen molar-refractivity contribution in [3.05, 3.63) is 53.6 Å². The molecule has 112 valence electrons. The van der Waals surface area contributed by atoms with Gasteiger partial charge in [0.1, 0.15) is 11.9 Å². The SMILES string of the molecule is CC(C(N)=O)n1ccnc1Cc1ccccc1C(F)(F)F. The van der Waals surface area contributed by atoms with Crippen LogP contribution in [0.3, 0.4) is 0 Å². The second-order valence-corrected chi connectivity index (χ2v) is 4.66. The lowest BCUT2D eigenvalue weighted by atomic mass is 10.0. The van der Waals surface area contributed by atoms with E-state index in [1.54, 1.807) is 6.92 Å². The quantitative estimate of drug-likeness (QED) is 0.942. The van der Waals surface area contributed by atoms with Gasteiger partial charge in [-0.3, -0.25) is 4.79 Å². The lowest BCUT2D eigenvalue weighted by Gasteiger charge is -2.15. The van der Waals surface area contributed by atoms with Crippen molar-refractivity contribution >= 4 is 5.91 Å². The summed E-state index contributed by atoms with van der Waals surface area (Å²) >= 11 is 0. The fourth-order valence-corrected chi connectivity index (χ4v) is 2.09. The summed E-state index contributed by atoms with van der Waals surface area (Å²) in [6, 6.07) is 4.64. The zero-order valence-corrected chi connectivity index (χ0v) is 11.3. The molecule has 0 saturated carbocycles. The van der Waals surface area contributed by atoms with E-state index in [1.165, 1.54) is 35.2 Å². The monoisotopic (exact) mass is 297 g/mol. The van der Waals surface area contributed by atoms with Crippen molar-refractivity contribution in [3.63, 3.8) is 0 Å². The number of benzene rings is 1. The van der Waals surface area contributed by atoms with Crippen LogP contribution < -0.4 is 5.73 Å². The second-order valence-electron chi connectivity index (χ2n) is 4.66. The third-order valence-electron chi connectivity index (χ3n) is 3.25. The summed E-state index contributed by atoms with van der Waals surface area (Å²) in [5.74, 6) is -0.212. The number of carbonyl (C=O) groups is 1. The van der Waals surface area contributed by atoms with E-state index in [0.29, 0.717) is 5.82 Å². The largest absolute Gasteiger partial charge is 0.416 e. The van der Waals surface area contributed by atoms with E-state index in [2.05, 4.69) is 4.98 Å². The van der Waals surface area contributed by atoms with Crippen molar-refractivity contribution in [1.82, 2.24) is 9.55 Å². The second kappa shape index (κ2) is 5.59. The van der Waals surface area contributed by atoms with Crippen molar-refractivity contribution in [3.8, 4) is 0 Å². The van der Waals surface area contributed by atoms with Crippen molar-refractivity contribution in [2.24, 2.45) is 5.73 Å². The number of nitrogens with zero attached hydrogens (tertiary/aromatic N) is 2. The number of rotatable bonds is 4. The van der Waals surface area contributed by atoms with Gasteiger partial charge in [-0.25, -0.2) is 4.98 Å². The number of aromatic nitrogens is 2. The molecule has 0 fully saturated rings. The van der Waals surface area contributed by atoms with Crippen LogP contribution in [0.5, 0.6) is 0 Å². The number of hydrogen-bond acceptors (Lipinski definition) is 2. The summed E-state index contributed by atoms with van der Waals surface area (Å²) in [6.07, 6.45) is -1.49. The highest BCUT2D eigenvalue weighted by Gasteiger charge is 2.33. The van der Waals surface area contributed by atoms with Crippen LogP contribution in [-0.4, -0.2) is 15.5 Å². The molecule has 2 aromatic rings. The molecule has 1 aromatic heterocycles. The maximum atomic E-state index is 13.0. The van der Waals surface area contributed by atoms with E-state index in [4.69, 9.17) is 5.73 Å². The third-order valence-corrected chi connectivity index (χ3v) is 3.25. The lowest BCUT2D eigenvalue weighted by Crippen LogP contribution is -2.25. The van der Waals surface area contributed by atoms with E-state index < -0.39 is 23.7 Å². The highest BCUT2D eigenvalue weighted by atomic mass is 19.4. The minimum Gasteiger partial charge on any atom is -0.368 e. The number of nitrogens with two attached hydrogens (primary N) is 1. The minimum absolute atomic E-state index is 0.0275. The Morgan fingerprint density at radius 2 is 2.05 bits per heavy atom. The molecule has 1 aromatic carbocycles. The molecule has 2 rings (SSSR count). The summed E-state index contributed by atoms with van der Waals surface area (Å²) in [4.78, 5) is 15.2. The first-order valence-corrected chi connectivity index (χ1v) is 6.27. The highest BCUT2D eigenvalue weighted by molar-refractivity contribution is 5.78. The van der Waals surface area contributed by atoms with Gasteiger partial charge < -0.3 is 10.3 Å². The summed E-state index contributed by atoms with van der Waals surface area (Å²) < 4.78 is 40.4. The van der Waals surface area contributed by atoms with Crippen LogP contribution in [0.2, 0.25) is 0 Å². The van der Waals surface area contributed by atoms with E-state index in [9.17, 15) is 18.0 Å². The molecule has 0 aliphatic heterocycles. The number of imidazole rings is 1. The number of alkyl halides is 3. The van der Waals surface area contributed by atoms with Gasteiger partial charge in [-0.05, 0) is 18.6 Å². The van der Waals surface area contributed by atoms with Gasteiger partial charge in [0.25, 0.3) is 0 Å². The van der Waals surface area contributed by atoms with Crippen LogP contribution in [0.4, 0.5) is 13.2 Å². The first-order valence-electron chi connectivity index (χ1n) is 6.27. The van der Waals surface area contributed by atoms with Crippen LogP contribution in [0.25, 0.3) is 0 Å². The van der Waals surface area contributed by atoms with Crippen LogP contribution >= 0.6 is 0 Å². The van der Waals surface area contributed by atoms with Gasteiger partial charge in [-0.2, -0.15) is 13.2 Å². The molecular weight excluding hydrogens is 283 g/mol. The Morgan fingerprint density at radius 3 is 2.67 bits per heavy atom. The molecule has 21 heavy (non-hydrogen) atoms. The van der Waals surface area contributed by atoms with E-state index in [1.807, 2.05) is 0 Å². The molecular formula is C14H14F3N3O. The average Bonchev–Trinajstić information content (AvgIpc) is 2.85. The molecule has 1 atom stereocenters. The molecule has 7 heteroatoms. The summed E-state index contributed by atoms with van der Waals surface area (Å²) in [7, 11) is 0. The summed E-state index contributed by atoms with van der Waals surface area (Å²) in [5, 5.41) is 0. The topological polar surface area (TPSA) is 60.9 Å². The van der Waals surface area contributed by atoms with Gasteiger partial charge in [0.2, 0.25) is 5.91 Å². The minimum atomic E-state index is -4.43. The van der Waals surface area contributed by atoms with Gasteiger partial charge in [-0.15, -0.1) is 0 Å². The van der Waals surface area contributed by atoms with Crippen LogP contribution in [0.15, 0.2) is 36.7 Å². The molecule has 0 aliphatic carbocycles. The average molecular weight is 297 g/mol.